The van der Waals surface area contributed by atoms with E-state index in [0.717, 1.165) is 5.56 Å². The number of rotatable bonds is 3. The molecule has 3 aromatic rings. The van der Waals surface area contributed by atoms with Crippen molar-refractivity contribution >= 4 is 17.1 Å². The fourth-order valence-electron chi connectivity index (χ4n) is 3.33. The van der Waals surface area contributed by atoms with Crippen molar-refractivity contribution in [3.05, 3.63) is 64.2 Å². The second-order valence-electron chi connectivity index (χ2n) is 6.52. The molecule has 8 nitrogen and oxygen atoms in total. The van der Waals surface area contributed by atoms with E-state index >= 15 is 0 Å². The lowest BCUT2D eigenvalue weighted by atomic mass is 10.1. The highest BCUT2D eigenvalue weighted by Gasteiger charge is 2.30. The molecule has 8 heteroatoms. The molecular weight excluding hydrogens is 344 g/mol. The summed E-state index contributed by atoms with van der Waals surface area (Å²) < 4.78 is 0. The molecule has 1 fully saturated rings. The lowest BCUT2D eigenvalue weighted by molar-refractivity contribution is 0.0547. The number of imidazole rings is 1. The largest absolute Gasteiger partial charge is 0.333 e. The molecule has 2 N–H and O–H groups in total. The van der Waals surface area contributed by atoms with E-state index in [1.165, 1.54) is 0 Å². The predicted octanol–water partition coefficient (Wildman–Crippen LogP) is 1.10. The number of pyridine rings is 1. The Hall–Kier alpha value is -3.44. The first-order valence-corrected chi connectivity index (χ1v) is 8.70. The quantitative estimate of drug-likeness (QED) is 0.725. The topological polar surface area (TPSA) is 109 Å². The van der Waals surface area contributed by atoms with Crippen LogP contribution in [0.3, 0.4) is 0 Å². The van der Waals surface area contributed by atoms with Gasteiger partial charge in [0.1, 0.15) is 11.7 Å². The molecule has 136 valence electrons. The summed E-state index contributed by atoms with van der Waals surface area (Å²) in [6.45, 7) is 2.14. The van der Waals surface area contributed by atoms with Gasteiger partial charge in [0.15, 0.2) is 5.65 Å². The van der Waals surface area contributed by atoms with Crippen molar-refractivity contribution in [1.29, 1.82) is 5.26 Å². The molecule has 0 spiro atoms. The minimum Gasteiger partial charge on any atom is -0.333 e. The van der Waals surface area contributed by atoms with Crippen molar-refractivity contribution in [3.63, 3.8) is 0 Å². The van der Waals surface area contributed by atoms with Gasteiger partial charge in [-0.1, -0.05) is 30.3 Å². The molecule has 1 aromatic carbocycles. The molecule has 1 aliphatic heterocycles. The van der Waals surface area contributed by atoms with Crippen LogP contribution in [0.4, 0.5) is 0 Å². The molecule has 3 heterocycles. The number of H-pyrrole nitrogens is 2. The lowest BCUT2D eigenvalue weighted by Crippen LogP contribution is -2.53. The summed E-state index contributed by atoms with van der Waals surface area (Å²) in [4.78, 5) is 37.3. The summed E-state index contributed by atoms with van der Waals surface area (Å²) in [5.41, 5.74) is 1.94. The number of nitriles is 1. The first-order chi connectivity index (χ1) is 13.1. The van der Waals surface area contributed by atoms with Gasteiger partial charge in [0.25, 0.3) is 5.91 Å². The molecule has 0 radical (unpaired) electrons. The number of aromatic nitrogens is 3. The molecule has 2 aromatic heterocycles. The van der Waals surface area contributed by atoms with Gasteiger partial charge >= 0.3 is 5.69 Å². The number of fused-ring (bicyclic) bond motifs is 1. The maximum atomic E-state index is 12.8. The van der Waals surface area contributed by atoms with Crippen LogP contribution in [-0.4, -0.2) is 56.3 Å². The fraction of sp³-hybridized carbons (Fsp3) is 0.263. The number of benzene rings is 1. The Bertz CT molecular complexity index is 1060. The highest BCUT2D eigenvalue weighted by molar-refractivity contribution is 5.94. The summed E-state index contributed by atoms with van der Waals surface area (Å²) in [6.07, 6.45) is 0. The monoisotopic (exact) mass is 362 g/mol. The Morgan fingerprint density at radius 1 is 1.19 bits per heavy atom. The van der Waals surface area contributed by atoms with Crippen LogP contribution in [0.15, 0.2) is 47.3 Å². The average molecular weight is 362 g/mol. The predicted molar refractivity (Wildman–Crippen MR) is 98.9 cm³/mol. The van der Waals surface area contributed by atoms with Crippen LogP contribution in [-0.2, 0) is 6.54 Å². The van der Waals surface area contributed by atoms with E-state index in [4.69, 9.17) is 0 Å². The number of hydrogen-bond acceptors (Lipinski definition) is 5. The maximum absolute atomic E-state index is 12.8. The number of hydrogen-bond donors (Lipinski definition) is 2. The number of amides is 1. The SMILES string of the molecule is N#C[C@H]1CN(C(=O)c2ccc3[nH]c(=O)[nH]c3n2)CCN1Cc1ccccc1. The fourth-order valence-corrected chi connectivity index (χ4v) is 3.33. The van der Waals surface area contributed by atoms with Crippen molar-refractivity contribution < 1.29 is 4.79 Å². The zero-order valence-electron chi connectivity index (χ0n) is 14.6. The van der Waals surface area contributed by atoms with E-state index in [2.05, 4.69) is 25.9 Å². The molecule has 0 aliphatic carbocycles. The maximum Gasteiger partial charge on any atom is 0.325 e. The molecule has 1 saturated heterocycles. The molecule has 0 saturated carbocycles. The van der Waals surface area contributed by atoms with Gasteiger partial charge in [0, 0.05) is 19.6 Å². The number of carbonyl (C=O) groups is 1. The number of carbonyl (C=O) groups excluding carboxylic acids is 1. The van der Waals surface area contributed by atoms with Crippen LogP contribution in [0.2, 0.25) is 0 Å². The Morgan fingerprint density at radius 2 is 2.00 bits per heavy atom. The van der Waals surface area contributed by atoms with E-state index in [1.54, 1.807) is 17.0 Å². The van der Waals surface area contributed by atoms with Gasteiger partial charge in [-0.3, -0.25) is 14.7 Å². The van der Waals surface area contributed by atoms with Gasteiger partial charge in [-0.2, -0.15) is 5.26 Å². The summed E-state index contributed by atoms with van der Waals surface area (Å²) in [6, 6.07) is 15.1. The van der Waals surface area contributed by atoms with E-state index in [-0.39, 0.29) is 23.3 Å². The Kier molecular flexibility index (Phi) is 4.44. The molecule has 0 unspecified atom stereocenters. The van der Waals surface area contributed by atoms with Crippen molar-refractivity contribution in [1.82, 2.24) is 24.8 Å². The van der Waals surface area contributed by atoms with Gasteiger partial charge in [-0.05, 0) is 17.7 Å². The molecule has 1 amide bonds. The Labute approximate surface area is 155 Å². The minimum atomic E-state index is -0.376. The van der Waals surface area contributed by atoms with Crippen LogP contribution in [0.5, 0.6) is 0 Å². The van der Waals surface area contributed by atoms with E-state index in [0.29, 0.717) is 37.3 Å². The van der Waals surface area contributed by atoms with Crippen LogP contribution >= 0.6 is 0 Å². The first-order valence-electron chi connectivity index (χ1n) is 8.70. The normalized spacial score (nSPS) is 17.7. The summed E-state index contributed by atoms with van der Waals surface area (Å²) in [7, 11) is 0. The van der Waals surface area contributed by atoms with Crippen LogP contribution < -0.4 is 5.69 Å². The van der Waals surface area contributed by atoms with Crippen LogP contribution in [0.25, 0.3) is 11.2 Å². The Balaban J connectivity index is 1.49. The van der Waals surface area contributed by atoms with Crippen molar-refractivity contribution in [2.75, 3.05) is 19.6 Å². The van der Waals surface area contributed by atoms with Crippen molar-refractivity contribution in [3.8, 4) is 6.07 Å². The van der Waals surface area contributed by atoms with E-state index in [1.807, 2.05) is 30.3 Å². The van der Waals surface area contributed by atoms with Gasteiger partial charge in [0.05, 0.1) is 18.1 Å². The summed E-state index contributed by atoms with van der Waals surface area (Å²) in [5, 5.41) is 9.56. The molecule has 1 aliphatic rings. The van der Waals surface area contributed by atoms with Gasteiger partial charge in [0.2, 0.25) is 0 Å². The molecule has 0 bridgehead atoms. The summed E-state index contributed by atoms with van der Waals surface area (Å²) in [5.74, 6) is -0.237. The number of aromatic amines is 2. The van der Waals surface area contributed by atoms with Crippen molar-refractivity contribution in [2.45, 2.75) is 12.6 Å². The Morgan fingerprint density at radius 3 is 2.78 bits per heavy atom. The highest BCUT2D eigenvalue weighted by Crippen LogP contribution is 2.16. The number of piperazine rings is 1. The zero-order chi connectivity index (χ0) is 18.8. The third-order valence-corrected chi connectivity index (χ3v) is 4.75. The zero-order valence-corrected chi connectivity index (χ0v) is 14.6. The minimum absolute atomic E-state index is 0.237. The standard InChI is InChI=1S/C19H18N6O2/c20-10-14-12-25(9-8-24(14)11-13-4-2-1-3-5-13)18(26)16-7-6-15-17(21-16)23-19(27)22-15/h1-7,14H,8-9,11-12H2,(H2,21,22,23,27)/t14-/m0/s1. The smallest absolute Gasteiger partial charge is 0.325 e. The third kappa shape index (κ3) is 3.45. The molecule has 27 heavy (non-hydrogen) atoms. The van der Waals surface area contributed by atoms with E-state index < -0.39 is 0 Å². The number of nitrogens with one attached hydrogen (secondary N) is 2. The van der Waals surface area contributed by atoms with Crippen LogP contribution in [0.1, 0.15) is 16.1 Å². The molecule has 4 rings (SSSR count). The van der Waals surface area contributed by atoms with Gasteiger partial charge < -0.3 is 9.88 Å². The second kappa shape index (κ2) is 7.05. The second-order valence-corrected chi connectivity index (χ2v) is 6.52. The number of nitrogens with zero attached hydrogens (tertiary/aromatic N) is 4. The average Bonchev–Trinajstić information content (AvgIpc) is 3.07. The lowest BCUT2D eigenvalue weighted by Gasteiger charge is -2.38. The molecule has 1 atom stereocenters. The van der Waals surface area contributed by atoms with Crippen LogP contribution in [0, 0.1) is 11.3 Å². The first kappa shape index (κ1) is 17.0. The van der Waals surface area contributed by atoms with E-state index in [9.17, 15) is 14.9 Å². The highest BCUT2D eigenvalue weighted by atomic mass is 16.2. The third-order valence-electron chi connectivity index (χ3n) is 4.75. The molecular formula is C19H18N6O2. The van der Waals surface area contributed by atoms with Crippen molar-refractivity contribution in [2.24, 2.45) is 0 Å². The summed E-state index contributed by atoms with van der Waals surface area (Å²) >= 11 is 0. The van der Waals surface area contributed by atoms with Gasteiger partial charge in [-0.25, -0.2) is 9.78 Å². The van der Waals surface area contributed by atoms with Gasteiger partial charge in [-0.15, -0.1) is 0 Å².